The maximum absolute atomic E-state index is 10.5. The Bertz CT molecular complexity index is 655. The van der Waals surface area contributed by atoms with E-state index in [1.54, 1.807) is 19.4 Å². The molecule has 2 rings (SSSR count). The Hall–Kier alpha value is -1.58. The molecule has 0 saturated heterocycles. The van der Waals surface area contributed by atoms with Crippen LogP contribution in [-0.4, -0.2) is 17.2 Å². The summed E-state index contributed by atoms with van der Waals surface area (Å²) in [6.45, 7) is 5.87. The van der Waals surface area contributed by atoms with Crippen LogP contribution >= 0.6 is 11.6 Å². The number of halogens is 1. The summed E-state index contributed by atoms with van der Waals surface area (Å²) >= 11 is 5.95. The average molecular weight is 306 g/mol. The minimum Gasteiger partial charge on any atom is -0.496 e. The fourth-order valence-electron chi connectivity index (χ4n) is 2.58. The molecule has 3 nitrogen and oxygen atoms in total. The van der Waals surface area contributed by atoms with Crippen molar-refractivity contribution in [3.05, 3.63) is 57.4 Å². The van der Waals surface area contributed by atoms with Gasteiger partial charge in [0.25, 0.3) is 0 Å². The van der Waals surface area contributed by atoms with E-state index in [4.69, 9.17) is 16.3 Å². The number of benzene rings is 1. The van der Waals surface area contributed by atoms with Crippen LogP contribution in [0.3, 0.4) is 0 Å². The van der Waals surface area contributed by atoms with Crippen molar-refractivity contribution in [2.45, 2.75) is 33.3 Å². The van der Waals surface area contributed by atoms with Crippen molar-refractivity contribution >= 4 is 11.6 Å². The van der Waals surface area contributed by atoms with Gasteiger partial charge in [0, 0.05) is 34.5 Å². The fourth-order valence-corrected chi connectivity index (χ4v) is 2.81. The first-order valence-corrected chi connectivity index (χ1v) is 7.25. The molecule has 0 radical (unpaired) electrons. The van der Waals surface area contributed by atoms with E-state index in [-0.39, 0.29) is 0 Å². The monoisotopic (exact) mass is 305 g/mol. The second-order valence-electron chi connectivity index (χ2n) is 5.27. The number of ether oxygens (including phenoxy) is 1. The molecular weight excluding hydrogens is 286 g/mol. The highest BCUT2D eigenvalue weighted by molar-refractivity contribution is 6.30. The fraction of sp³-hybridized carbons (Fsp3) is 0.353. The quantitative estimate of drug-likeness (QED) is 0.930. The third kappa shape index (κ3) is 3.36. The molecule has 0 aliphatic heterocycles. The van der Waals surface area contributed by atoms with E-state index in [1.165, 1.54) is 0 Å². The van der Waals surface area contributed by atoms with Gasteiger partial charge >= 0.3 is 0 Å². The predicted molar refractivity (Wildman–Crippen MR) is 85.1 cm³/mol. The van der Waals surface area contributed by atoms with E-state index in [0.29, 0.717) is 11.4 Å². The molecular formula is C17H20ClNO2. The number of pyridine rings is 1. The minimum atomic E-state index is -0.610. The Balaban J connectivity index is 2.29. The van der Waals surface area contributed by atoms with Gasteiger partial charge in [0.05, 0.1) is 13.2 Å². The van der Waals surface area contributed by atoms with E-state index in [0.717, 1.165) is 33.7 Å². The molecule has 112 valence electrons. The zero-order valence-electron chi connectivity index (χ0n) is 12.8. The van der Waals surface area contributed by atoms with Gasteiger partial charge in [-0.1, -0.05) is 17.7 Å². The molecule has 4 heteroatoms. The molecule has 0 aliphatic carbocycles. The van der Waals surface area contributed by atoms with Crippen LogP contribution in [0.25, 0.3) is 0 Å². The molecule has 0 fully saturated rings. The van der Waals surface area contributed by atoms with Gasteiger partial charge in [-0.3, -0.25) is 4.98 Å². The Kier molecular flexibility index (Phi) is 4.86. The summed E-state index contributed by atoms with van der Waals surface area (Å²) < 4.78 is 5.40. The van der Waals surface area contributed by atoms with E-state index in [9.17, 15) is 5.11 Å². The maximum Gasteiger partial charge on any atom is 0.128 e. The molecule has 1 aromatic carbocycles. The highest BCUT2D eigenvalue weighted by Gasteiger charge is 2.16. The molecule has 1 aromatic heterocycles. The zero-order valence-corrected chi connectivity index (χ0v) is 13.5. The maximum atomic E-state index is 10.5. The van der Waals surface area contributed by atoms with Gasteiger partial charge < -0.3 is 9.84 Å². The van der Waals surface area contributed by atoms with Gasteiger partial charge in [-0.15, -0.1) is 0 Å². The van der Waals surface area contributed by atoms with Gasteiger partial charge in [-0.05, 0) is 44.0 Å². The summed E-state index contributed by atoms with van der Waals surface area (Å²) in [6.07, 6.45) is 1.62. The predicted octanol–water partition coefficient (Wildman–Crippen LogP) is 3.94. The van der Waals surface area contributed by atoms with Crippen LogP contribution in [-0.2, 0) is 6.42 Å². The van der Waals surface area contributed by atoms with Crippen molar-refractivity contribution in [2.75, 3.05) is 7.11 Å². The highest BCUT2D eigenvalue weighted by atomic mass is 35.5. The van der Waals surface area contributed by atoms with E-state index >= 15 is 0 Å². The number of rotatable bonds is 4. The second-order valence-corrected chi connectivity index (χ2v) is 5.70. The first kappa shape index (κ1) is 15.8. The summed E-state index contributed by atoms with van der Waals surface area (Å²) in [5, 5.41) is 11.2. The molecule has 1 unspecified atom stereocenters. The lowest BCUT2D eigenvalue weighted by molar-refractivity contribution is 0.176. The number of aromatic nitrogens is 1. The zero-order chi connectivity index (χ0) is 15.6. The molecule has 0 aliphatic rings. The molecule has 21 heavy (non-hydrogen) atoms. The first-order valence-electron chi connectivity index (χ1n) is 6.87. The molecule has 0 bridgehead atoms. The lowest BCUT2D eigenvalue weighted by atomic mass is 9.97. The van der Waals surface area contributed by atoms with Crippen LogP contribution in [0.5, 0.6) is 5.75 Å². The molecule has 1 heterocycles. The first-order chi connectivity index (χ1) is 9.93. The van der Waals surface area contributed by atoms with Crippen molar-refractivity contribution < 1.29 is 9.84 Å². The van der Waals surface area contributed by atoms with E-state index in [2.05, 4.69) is 4.98 Å². The third-order valence-corrected chi connectivity index (χ3v) is 3.96. The van der Waals surface area contributed by atoms with E-state index in [1.807, 2.05) is 32.9 Å². The van der Waals surface area contributed by atoms with Crippen LogP contribution < -0.4 is 4.74 Å². The summed E-state index contributed by atoms with van der Waals surface area (Å²) in [6, 6.07) is 5.52. The Morgan fingerprint density at radius 3 is 2.57 bits per heavy atom. The molecule has 0 amide bonds. The normalized spacial score (nSPS) is 12.3. The lowest BCUT2D eigenvalue weighted by Gasteiger charge is -2.17. The van der Waals surface area contributed by atoms with Crippen LogP contribution in [0.15, 0.2) is 24.4 Å². The molecule has 2 aromatic rings. The van der Waals surface area contributed by atoms with Crippen LogP contribution in [0.4, 0.5) is 0 Å². The highest BCUT2D eigenvalue weighted by Crippen LogP contribution is 2.29. The van der Waals surface area contributed by atoms with Gasteiger partial charge in [0.1, 0.15) is 5.75 Å². The number of hydrogen-bond acceptors (Lipinski definition) is 3. The average Bonchev–Trinajstić information content (AvgIpc) is 2.42. The van der Waals surface area contributed by atoms with Crippen molar-refractivity contribution in [2.24, 2.45) is 0 Å². The van der Waals surface area contributed by atoms with Crippen molar-refractivity contribution in [3.8, 4) is 5.75 Å². The van der Waals surface area contributed by atoms with Gasteiger partial charge in [-0.2, -0.15) is 0 Å². The van der Waals surface area contributed by atoms with Gasteiger partial charge in [0.15, 0.2) is 0 Å². The third-order valence-electron chi connectivity index (χ3n) is 3.73. The minimum absolute atomic E-state index is 0.449. The second kappa shape index (κ2) is 6.46. The Labute approximate surface area is 130 Å². The number of aliphatic hydroxyl groups excluding tert-OH is 1. The van der Waals surface area contributed by atoms with E-state index < -0.39 is 6.10 Å². The number of aliphatic hydroxyl groups is 1. The van der Waals surface area contributed by atoms with Crippen LogP contribution in [0.2, 0.25) is 5.02 Å². The number of aryl methyl sites for hydroxylation is 2. The van der Waals surface area contributed by atoms with Gasteiger partial charge in [-0.25, -0.2) is 0 Å². The Morgan fingerprint density at radius 2 is 1.95 bits per heavy atom. The molecule has 0 saturated carbocycles. The standard InChI is InChI=1S/C17H20ClNO2/c1-10-7-13(18)5-6-14(10)16(20)8-15-12(3)17(21-4)11(2)9-19-15/h5-7,9,16,20H,8H2,1-4H3. The number of methoxy groups -OCH3 is 1. The van der Waals surface area contributed by atoms with Gasteiger partial charge in [0.2, 0.25) is 0 Å². The summed E-state index contributed by atoms with van der Waals surface area (Å²) in [7, 11) is 1.65. The van der Waals surface area contributed by atoms with Crippen LogP contribution in [0.1, 0.15) is 34.1 Å². The number of hydrogen-bond donors (Lipinski definition) is 1. The smallest absolute Gasteiger partial charge is 0.128 e. The summed E-state index contributed by atoms with van der Waals surface area (Å²) in [5.74, 6) is 0.833. The number of nitrogens with zero attached hydrogens (tertiary/aromatic N) is 1. The lowest BCUT2D eigenvalue weighted by Crippen LogP contribution is -2.08. The molecule has 1 N–H and O–H groups in total. The molecule has 1 atom stereocenters. The summed E-state index contributed by atoms with van der Waals surface area (Å²) in [5.41, 5.74) is 4.67. The Morgan fingerprint density at radius 1 is 1.24 bits per heavy atom. The van der Waals surface area contributed by atoms with Crippen molar-refractivity contribution in [1.82, 2.24) is 4.98 Å². The van der Waals surface area contributed by atoms with Crippen LogP contribution in [0, 0.1) is 20.8 Å². The SMILES string of the molecule is COc1c(C)cnc(CC(O)c2ccc(Cl)cc2C)c1C. The largest absolute Gasteiger partial charge is 0.496 e. The summed E-state index contributed by atoms with van der Waals surface area (Å²) in [4.78, 5) is 4.43. The van der Waals surface area contributed by atoms with Crippen molar-refractivity contribution in [1.29, 1.82) is 0 Å². The molecule has 0 spiro atoms. The topological polar surface area (TPSA) is 42.4 Å². The van der Waals surface area contributed by atoms with Crippen molar-refractivity contribution in [3.63, 3.8) is 0 Å².